The molecule has 1 aliphatic carbocycles. The number of aromatic nitrogens is 2. The van der Waals surface area contributed by atoms with E-state index in [-0.39, 0.29) is 0 Å². The van der Waals surface area contributed by atoms with E-state index in [4.69, 9.17) is 0 Å². The summed E-state index contributed by atoms with van der Waals surface area (Å²) in [4.78, 5) is 22.0. The van der Waals surface area contributed by atoms with Gasteiger partial charge < -0.3 is 9.80 Å². The second kappa shape index (κ2) is 9.52. The van der Waals surface area contributed by atoms with Crippen LogP contribution in [0, 0.1) is 5.92 Å². The molecule has 0 N–H and O–H groups in total. The van der Waals surface area contributed by atoms with Crippen LogP contribution in [0.5, 0.6) is 0 Å². The zero-order valence-corrected chi connectivity index (χ0v) is 21.8. The lowest BCUT2D eigenvalue weighted by Crippen LogP contribution is -2.49. The number of carbonyl (C=O) groups is 1. The number of benzene rings is 1. The van der Waals surface area contributed by atoms with Crippen molar-refractivity contribution in [3.8, 4) is 11.1 Å². The molecule has 0 bridgehead atoms. The van der Waals surface area contributed by atoms with Crippen LogP contribution >= 0.6 is 0 Å². The summed E-state index contributed by atoms with van der Waals surface area (Å²) in [5, 5.41) is 4.60. The first-order valence-corrected chi connectivity index (χ1v) is 13.5. The summed E-state index contributed by atoms with van der Waals surface area (Å²) in [7, 11) is 2.24. The Labute approximate surface area is 214 Å². The molecular weight excluding hydrogens is 448 g/mol. The number of fused-ring (bicyclic) bond motifs is 1. The van der Waals surface area contributed by atoms with Gasteiger partial charge in [0.25, 0.3) is 0 Å². The summed E-state index contributed by atoms with van der Waals surface area (Å²) in [6.45, 7) is 11.3. The van der Waals surface area contributed by atoms with Gasteiger partial charge in [-0.25, -0.2) is 4.52 Å². The smallest absolute Gasteiger partial charge is 0.225 e. The lowest BCUT2D eigenvalue weighted by atomic mass is 9.99. The van der Waals surface area contributed by atoms with Crippen molar-refractivity contribution in [2.45, 2.75) is 38.8 Å². The van der Waals surface area contributed by atoms with E-state index in [0.717, 1.165) is 64.2 Å². The Kier molecular flexibility index (Phi) is 6.21. The predicted octanol–water partition coefficient (Wildman–Crippen LogP) is 3.76. The second-order valence-electron chi connectivity index (χ2n) is 11.1. The van der Waals surface area contributed by atoms with Crippen LogP contribution in [0.15, 0.2) is 48.8 Å². The number of amides is 1. The van der Waals surface area contributed by atoms with E-state index in [0.29, 0.717) is 23.9 Å². The average molecular weight is 487 g/mol. The summed E-state index contributed by atoms with van der Waals surface area (Å²) in [5.74, 6) is 0.663. The summed E-state index contributed by atoms with van der Waals surface area (Å²) >= 11 is 0. The molecule has 1 amide bonds. The first kappa shape index (κ1) is 23.5. The molecule has 6 rings (SSSR count). The first-order chi connectivity index (χ1) is 17.5. The Morgan fingerprint density at radius 2 is 1.69 bits per heavy atom. The third kappa shape index (κ3) is 4.50. The Bertz CT molecular complexity index is 1220. The van der Waals surface area contributed by atoms with Crippen LogP contribution in [0.3, 0.4) is 0 Å². The third-order valence-electron chi connectivity index (χ3n) is 8.38. The number of piperazine rings is 2. The Balaban J connectivity index is 1.20. The van der Waals surface area contributed by atoms with E-state index in [9.17, 15) is 4.79 Å². The van der Waals surface area contributed by atoms with Crippen molar-refractivity contribution in [3.63, 3.8) is 0 Å². The molecule has 2 aliphatic heterocycles. The number of hydrogen-bond donors (Lipinski definition) is 0. The molecule has 1 aromatic carbocycles. The minimum Gasteiger partial charge on any atom is -0.366 e. The van der Waals surface area contributed by atoms with Crippen molar-refractivity contribution in [2.75, 3.05) is 57.8 Å². The molecule has 1 atom stereocenters. The molecule has 7 nitrogen and oxygen atoms in total. The molecule has 0 spiro atoms. The maximum absolute atomic E-state index is 12.5. The standard InChI is InChI=1S/C29H38N6O/c1-21(2)34-13-12-31(3)28(20-34)23-6-4-22(5-7-23)25-18-27-26(10-11-30-35(27)19-25)32-14-16-33(17-15-32)29(36)24-8-9-24/h4-7,10-11,18-19,21,24,28H,8-9,12-17,20H2,1-3H3/t28-/m1/s1. The number of rotatable bonds is 5. The van der Waals surface area contributed by atoms with E-state index in [1.807, 2.05) is 10.7 Å². The summed E-state index contributed by atoms with van der Waals surface area (Å²) in [6, 6.07) is 14.5. The minimum absolute atomic E-state index is 0.302. The van der Waals surface area contributed by atoms with Gasteiger partial charge in [-0.2, -0.15) is 5.10 Å². The van der Waals surface area contributed by atoms with Gasteiger partial charge in [0.2, 0.25) is 5.91 Å². The van der Waals surface area contributed by atoms with Crippen molar-refractivity contribution in [3.05, 3.63) is 54.4 Å². The van der Waals surface area contributed by atoms with E-state index in [1.54, 1.807) is 0 Å². The molecule has 2 aromatic heterocycles. The zero-order valence-electron chi connectivity index (χ0n) is 21.8. The lowest BCUT2D eigenvalue weighted by molar-refractivity contribution is -0.132. The Morgan fingerprint density at radius 1 is 0.944 bits per heavy atom. The highest BCUT2D eigenvalue weighted by atomic mass is 16.2. The van der Waals surface area contributed by atoms with Crippen molar-refractivity contribution < 1.29 is 4.79 Å². The number of hydrogen-bond acceptors (Lipinski definition) is 5. The van der Waals surface area contributed by atoms with Crippen LogP contribution in [-0.2, 0) is 4.79 Å². The first-order valence-electron chi connectivity index (χ1n) is 13.5. The maximum Gasteiger partial charge on any atom is 0.225 e. The van der Waals surface area contributed by atoms with Gasteiger partial charge in [-0.3, -0.25) is 14.6 Å². The van der Waals surface area contributed by atoms with Gasteiger partial charge in [0.05, 0.1) is 11.2 Å². The van der Waals surface area contributed by atoms with Gasteiger partial charge in [0, 0.05) is 81.8 Å². The Morgan fingerprint density at radius 3 is 2.39 bits per heavy atom. The van der Waals surface area contributed by atoms with E-state index in [1.165, 1.54) is 22.4 Å². The molecule has 36 heavy (non-hydrogen) atoms. The van der Waals surface area contributed by atoms with Crippen LogP contribution in [0.1, 0.15) is 38.3 Å². The van der Waals surface area contributed by atoms with E-state index < -0.39 is 0 Å². The van der Waals surface area contributed by atoms with Crippen molar-refractivity contribution >= 4 is 17.1 Å². The molecule has 0 radical (unpaired) electrons. The van der Waals surface area contributed by atoms with Crippen LogP contribution in [0.2, 0.25) is 0 Å². The van der Waals surface area contributed by atoms with E-state index in [2.05, 4.69) is 88.2 Å². The van der Waals surface area contributed by atoms with Crippen molar-refractivity contribution in [1.82, 2.24) is 24.3 Å². The molecule has 0 unspecified atom stereocenters. The van der Waals surface area contributed by atoms with Gasteiger partial charge in [-0.05, 0) is 57.0 Å². The number of likely N-dealkylation sites (N-methyl/N-ethyl adjacent to an activating group) is 1. The number of carbonyl (C=O) groups excluding carboxylic acids is 1. The van der Waals surface area contributed by atoms with Gasteiger partial charge >= 0.3 is 0 Å². The molecule has 3 aliphatic rings. The highest BCUT2D eigenvalue weighted by Gasteiger charge is 2.35. The van der Waals surface area contributed by atoms with Crippen LogP contribution in [-0.4, -0.2) is 89.1 Å². The molecule has 3 aromatic rings. The van der Waals surface area contributed by atoms with Crippen LogP contribution < -0.4 is 4.90 Å². The van der Waals surface area contributed by atoms with Crippen LogP contribution in [0.25, 0.3) is 16.6 Å². The van der Waals surface area contributed by atoms with E-state index >= 15 is 0 Å². The highest BCUT2D eigenvalue weighted by molar-refractivity contribution is 5.82. The highest BCUT2D eigenvalue weighted by Crippen LogP contribution is 2.33. The predicted molar refractivity (Wildman–Crippen MR) is 144 cm³/mol. The minimum atomic E-state index is 0.302. The SMILES string of the molecule is CC(C)N1CCN(C)[C@@H](c2ccc(-c3cc4c(N5CCN(C(=O)C6CC6)CC5)ccnn4c3)cc2)C1. The molecule has 1 saturated carbocycles. The summed E-state index contributed by atoms with van der Waals surface area (Å²) < 4.78 is 2.00. The summed E-state index contributed by atoms with van der Waals surface area (Å²) in [5.41, 5.74) is 6.11. The maximum atomic E-state index is 12.5. The van der Waals surface area contributed by atoms with Crippen molar-refractivity contribution in [2.24, 2.45) is 5.92 Å². The quantitative estimate of drug-likeness (QED) is 0.550. The van der Waals surface area contributed by atoms with Gasteiger partial charge in [-0.15, -0.1) is 0 Å². The zero-order chi connectivity index (χ0) is 24.8. The fraction of sp³-hybridized carbons (Fsp3) is 0.517. The molecule has 7 heteroatoms. The molecular formula is C29H38N6O. The number of anilines is 1. The third-order valence-corrected chi connectivity index (χ3v) is 8.38. The normalized spacial score (nSPS) is 22.1. The summed E-state index contributed by atoms with van der Waals surface area (Å²) in [6.07, 6.45) is 6.17. The second-order valence-corrected chi connectivity index (χ2v) is 11.1. The molecule has 3 fully saturated rings. The fourth-order valence-electron chi connectivity index (χ4n) is 5.80. The van der Waals surface area contributed by atoms with Crippen LogP contribution in [0.4, 0.5) is 5.69 Å². The van der Waals surface area contributed by atoms with Gasteiger partial charge in [0.1, 0.15) is 0 Å². The monoisotopic (exact) mass is 486 g/mol. The lowest BCUT2D eigenvalue weighted by Gasteiger charge is -2.41. The average Bonchev–Trinajstić information content (AvgIpc) is 3.66. The van der Waals surface area contributed by atoms with Gasteiger partial charge in [-0.1, -0.05) is 24.3 Å². The number of nitrogens with zero attached hydrogens (tertiary/aromatic N) is 6. The van der Waals surface area contributed by atoms with Crippen molar-refractivity contribution in [1.29, 1.82) is 0 Å². The Hall–Kier alpha value is -2.90. The van der Waals surface area contributed by atoms with Gasteiger partial charge in [0.15, 0.2) is 0 Å². The molecule has 2 saturated heterocycles. The topological polar surface area (TPSA) is 47.3 Å². The molecule has 4 heterocycles. The molecule has 190 valence electrons. The fourth-order valence-corrected chi connectivity index (χ4v) is 5.80. The largest absolute Gasteiger partial charge is 0.366 e.